The van der Waals surface area contributed by atoms with Crippen LogP contribution in [0.15, 0.2) is 30.3 Å². The minimum Gasteiger partial charge on any atom is -0.481 e. The van der Waals surface area contributed by atoms with Crippen molar-refractivity contribution in [2.45, 2.75) is 19.8 Å². The van der Waals surface area contributed by atoms with Gasteiger partial charge < -0.3 is 10.4 Å². The van der Waals surface area contributed by atoms with Gasteiger partial charge in [-0.05, 0) is 24.3 Å². The van der Waals surface area contributed by atoms with Crippen molar-refractivity contribution in [1.82, 2.24) is 5.32 Å². The van der Waals surface area contributed by atoms with Crippen LogP contribution in [0.3, 0.4) is 0 Å². The van der Waals surface area contributed by atoms with Gasteiger partial charge in [0.15, 0.2) is 0 Å². The van der Waals surface area contributed by atoms with Crippen LogP contribution in [0.4, 0.5) is 0 Å². The molecule has 1 saturated carbocycles. The minimum atomic E-state index is -0.868. The zero-order valence-corrected chi connectivity index (χ0v) is 11.0. The average molecular weight is 261 g/mol. The first-order valence-corrected chi connectivity index (χ1v) is 6.62. The Labute approximate surface area is 112 Å². The van der Waals surface area contributed by atoms with Crippen LogP contribution in [0, 0.1) is 17.8 Å². The summed E-state index contributed by atoms with van der Waals surface area (Å²) in [7, 11) is 0. The third-order valence-electron chi connectivity index (χ3n) is 3.64. The number of hydrogen-bond acceptors (Lipinski definition) is 2. The highest BCUT2D eigenvalue weighted by Crippen LogP contribution is 2.37. The standard InChI is InChI=1S/C15H19NO3/c1-10-7-13(10)14(17)16-9-12(15(18)19)8-11-5-3-2-4-6-11/h2-6,10,12-13H,7-9H2,1H3,(H,16,17)(H,18,19)/t10-,12-,13+/m1/s1. The number of amides is 1. The van der Waals surface area contributed by atoms with Crippen molar-refractivity contribution in [2.24, 2.45) is 17.8 Å². The second-order valence-electron chi connectivity index (χ2n) is 5.29. The highest BCUT2D eigenvalue weighted by Gasteiger charge is 2.39. The summed E-state index contributed by atoms with van der Waals surface area (Å²) in [6.07, 6.45) is 1.36. The zero-order chi connectivity index (χ0) is 13.8. The van der Waals surface area contributed by atoms with Crippen LogP contribution in [0.25, 0.3) is 0 Å². The van der Waals surface area contributed by atoms with E-state index < -0.39 is 11.9 Å². The number of carboxylic acid groups (broad SMARTS) is 1. The van der Waals surface area contributed by atoms with Crippen molar-refractivity contribution in [2.75, 3.05) is 6.54 Å². The Morgan fingerprint density at radius 3 is 2.53 bits per heavy atom. The second kappa shape index (κ2) is 5.87. The molecule has 1 amide bonds. The fourth-order valence-corrected chi connectivity index (χ4v) is 2.19. The van der Waals surface area contributed by atoms with Gasteiger partial charge in [0, 0.05) is 12.5 Å². The Morgan fingerprint density at radius 2 is 2.00 bits per heavy atom. The number of carbonyl (C=O) groups excluding carboxylic acids is 1. The summed E-state index contributed by atoms with van der Waals surface area (Å²) in [6, 6.07) is 9.48. The van der Waals surface area contributed by atoms with Gasteiger partial charge in [-0.1, -0.05) is 37.3 Å². The third-order valence-corrected chi connectivity index (χ3v) is 3.64. The molecule has 4 heteroatoms. The van der Waals surface area contributed by atoms with Crippen LogP contribution < -0.4 is 5.32 Å². The lowest BCUT2D eigenvalue weighted by atomic mass is 9.99. The predicted molar refractivity (Wildman–Crippen MR) is 71.6 cm³/mol. The number of aliphatic carboxylic acids is 1. The van der Waals surface area contributed by atoms with E-state index in [2.05, 4.69) is 5.32 Å². The van der Waals surface area contributed by atoms with Crippen LogP contribution in [0.1, 0.15) is 18.9 Å². The maximum absolute atomic E-state index is 11.7. The van der Waals surface area contributed by atoms with Gasteiger partial charge in [0.05, 0.1) is 5.92 Å². The van der Waals surface area contributed by atoms with Crippen LogP contribution in [-0.4, -0.2) is 23.5 Å². The molecular weight excluding hydrogens is 242 g/mol. The number of carboxylic acids is 1. The molecule has 1 fully saturated rings. The number of nitrogens with one attached hydrogen (secondary N) is 1. The summed E-state index contributed by atoms with van der Waals surface area (Å²) < 4.78 is 0. The van der Waals surface area contributed by atoms with Gasteiger partial charge in [-0.2, -0.15) is 0 Å². The van der Waals surface area contributed by atoms with Crippen molar-refractivity contribution in [3.8, 4) is 0 Å². The van der Waals surface area contributed by atoms with Crippen LogP contribution in [0.5, 0.6) is 0 Å². The van der Waals surface area contributed by atoms with Crippen molar-refractivity contribution >= 4 is 11.9 Å². The Hall–Kier alpha value is -1.84. The second-order valence-corrected chi connectivity index (χ2v) is 5.29. The van der Waals surface area contributed by atoms with E-state index in [0.29, 0.717) is 12.3 Å². The van der Waals surface area contributed by atoms with E-state index in [1.165, 1.54) is 0 Å². The zero-order valence-electron chi connectivity index (χ0n) is 11.0. The minimum absolute atomic E-state index is 0.00758. The molecule has 3 atom stereocenters. The van der Waals surface area contributed by atoms with E-state index in [0.717, 1.165) is 12.0 Å². The molecule has 0 radical (unpaired) electrons. The van der Waals surface area contributed by atoms with Gasteiger partial charge in [-0.3, -0.25) is 9.59 Å². The lowest BCUT2D eigenvalue weighted by molar-refractivity contribution is -0.141. The molecule has 2 N–H and O–H groups in total. The maximum Gasteiger partial charge on any atom is 0.308 e. The molecule has 0 aliphatic heterocycles. The lowest BCUT2D eigenvalue weighted by Gasteiger charge is -2.13. The topological polar surface area (TPSA) is 66.4 Å². The van der Waals surface area contributed by atoms with E-state index in [-0.39, 0.29) is 18.4 Å². The maximum atomic E-state index is 11.7. The molecule has 1 aliphatic rings. The summed E-state index contributed by atoms with van der Waals surface area (Å²) in [5.74, 6) is -0.913. The normalized spacial score (nSPS) is 22.6. The van der Waals surface area contributed by atoms with E-state index in [4.69, 9.17) is 0 Å². The summed E-state index contributed by atoms with van der Waals surface area (Å²) in [5, 5.41) is 12.0. The highest BCUT2D eigenvalue weighted by atomic mass is 16.4. The Morgan fingerprint density at radius 1 is 1.37 bits per heavy atom. The van der Waals surface area contributed by atoms with E-state index in [1.54, 1.807) is 0 Å². The van der Waals surface area contributed by atoms with Crippen LogP contribution >= 0.6 is 0 Å². The number of benzene rings is 1. The highest BCUT2D eigenvalue weighted by molar-refractivity contribution is 5.82. The average Bonchev–Trinajstić information content (AvgIpc) is 3.12. The quantitative estimate of drug-likeness (QED) is 0.819. The molecule has 2 rings (SSSR count). The van der Waals surface area contributed by atoms with Crippen molar-refractivity contribution in [1.29, 1.82) is 0 Å². The summed E-state index contributed by atoms with van der Waals surface area (Å²) in [4.78, 5) is 22.9. The van der Waals surface area contributed by atoms with Crippen LogP contribution in [0.2, 0.25) is 0 Å². The number of carbonyl (C=O) groups is 2. The summed E-state index contributed by atoms with van der Waals surface area (Å²) in [6.45, 7) is 2.23. The molecule has 1 aromatic carbocycles. The molecular formula is C15H19NO3. The Kier molecular flexibility index (Phi) is 4.20. The molecule has 19 heavy (non-hydrogen) atoms. The number of rotatable bonds is 6. The molecule has 0 spiro atoms. The van der Waals surface area contributed by atoms with E-state index in [1.807, 2.05) is 37.3 Å². The first-order chi connectivity index (χ1) is 9.08. The first kappa shape index (κ1) is 13.6. The first-order valence-electron chi connectivity index (χ1n) is 6.62. The Balaban J connectivity index is 1.86. The Bertz CT molecular complexity index is 458. The molecule has 0 heterocycles. The SMILES string of the molecule is C[C@@H]1C[C@@H]1C(=O)NC[C@@H](Cc1ccccc1)C(=O)O. The van der Waals surface area contributed by atoms with E-state index >= 15 is 0 Å². The van der Waals surface area contributed by atoms with Gasteiger partial charge in [0.2, 0.25) is 5.91 Å². The van der Waals surface area contributed by atoms with Gasteiger partial charge in [-0.25, -0.2) is 0 Å². The molecule has 1 aliphatic carbocycles. The van der Waals surface area contributed by atoms with E-state index in [9.17, 15) is 14.7 Å². The predicted octanol–water partition coefficient (Wildman–Crippen LogP) is 1.70. The van der Waals surface area contributed by atoms with Gasteiger partial charge in [-0.15, -0.1) is 0 Å². The number of hydrogen-bond donors (Lipinski definition) is 2. The fourth-order valence-electron chi connectivity index (χ4n) is 2.19. The summed E-state index contributed by atoms with van der Waals surface area (Å²) >= 11 is 0. The van der Waals surface area contributed by atoms with Gasteiger partial charge in [0.1, 0.15) is 0 Å². The molecule has 102 valence electrons. The molecule has 0 bridgehead atoms. The molecule has 1 aromatic rings. The van der Waals surface area contributed by atoms with Crippen molar-refractivity contribution < 1.29 is 14.7 Å². The largest absolute Gasteiger partial charge is 0.481 e. The smallest absolute Gasteiger partial charge is 0.308 e. The third kappa shape index (κ3) is 3.81. The van der Waals surface area contributed by atoms with Crippen molar-refractivity contribution in [3.63, 3.8) is 0 Å². The fraction of sp³-hybridized carbons (Fsp3) is 0.467. The monoisotopic (exact) mass is 261 g/mol. The lowest BCUT2D eigenvalue weighted by Crippen LogP contribution is -2.35. The van der Waals surface area contributed by atoms with Gasteiger partial charge >= 0.3 is 5.97 Å². The molecule has 0 aromatic heterocycles. The molecule has 0 unspecified atom stereocenters. The van der Waals surface area contributed by atoms with Crippen molar-refractivity contribution in [3.05, 3.63) is 35.9 Å². The van der Waals surface area contributed by atoms with Gasteiger partial charge in [0.25, 0.3) is 0 Å². The summed E-state index contributed by atoms with van der Waals surface area (Å²) in [5.41, 5.74) is 0.976. The molecule has 0 saturated heterocycles. The molecule has 4 nitrogen and oxygen atoms in total. The van der Waals surface area contributed by atoms with Crippen LogP contribution in [-0.2, 0) is 16.0 Å².